The summed E-state index contributed by atoms with van der Waals surface area (Å²) >= 11 is 2.11. The Morgan fingerprint density at radius 1 is 1.26 bits per heavy atom. The first-order valence-electron chi connectivity index (χ1n) is 7.36. The molecule has 0 aliphatic carbocycles. The number of aromatic nitrogens is 1. The zero-order chi connectivity index (χ0) is 13.1. The number of rotatable bonds is 3. The molecule has 3 rings (SSSR count). The molecule has 0 aromatic carbocycles. The third-order valence-corrected chi connectivity index (χ3v) is 5.62. The van der Waals surface area contributed by atoms with Gasteiger partial charge in [-0.25, -0.2) is 4.98 Å². The minimum Gasteiger partial charge on any atom is -0.357 e. The minimum absolute atomic E-state index is 0.700. The molecule has 1 N–H and O–H groups in total. The van der Waals surface area contributed by atoms with Gasteiger partial charge in [0.25, 0.3) is 0 Å². The topological polar surface area (TPSA) is 28.2 Å². The van der Waals surface area contributed by atoms with Crippen LogP contribution in [0.15, 0.2) is 24.4 Å². The lowest BCUT2D eigenvalue weighted by Crippen LogP contribution is -2.47. The number of anilines is 1. The lowest BCUT2D eigenvalue weighted by molar-refractivity contribution is 0.364. The summed E-state index contributed by atoms with van der Waals surface area (Å²) in [7, 11) is 0. The number of pyridine rings is 1. The molecule has 19 heavy (non-hydrogen) atoms. The third-order valence-electron chi connectivity index (χ3n) is 4.29. The molecule has 0 radical (unpaired) electrons. The van der Waals surface area contributed by atoms with Crippen molar-refractivity contribution < 1.29 is 0 Å². The first-order valence-corrected chi connectivity index (χ1v) is 8.41. The van der Waals surface area contributed by atoms with Crippen molar-refractivity contribution in [3.8, 4) is 0 Å². The zero-order valence-corrected chi connectivity index (χ0v) is 12.4. The quantitative estimate of drug-likeness (QED) is 0.919. The summed E-state index contributed by atoms with van der Waals surface area (Å²) in [6.07, 6.45) is 5.71. The van der Waals surface area contributed by atoms with Gasteiger partial charge < -0.3 is 10.2 Å². The van der Waals surface area contributed by atoms with Crippen LogP contribution in [-0.4, -0.2) is 41.2 Å². The molecule has 0 bridgehead atoms. The molecule has 2 saturated heterocycles. The van der Waals surface area contributed by atoms with Crippen LogP contribution >= 0.6 is 11.8 Å². The number of nitrogens with one attached hydrogen (secondary N) is 1. The van der Waals surface area contributed by atoms with E-state index in [2.05, 4.69) is 46.0 Å². The number of hydrogen-bond acceptors (Lipinski definition) is 4. The van der Waals surface area contributed by atoms with Crippen LogP contribution in [0.3, 0.4) is 0 Å². The molecule has 2 fully saturated rings. The molecule has 2 atom stereocenters. The molecule has 0 spiro atoms. The van der Waals surface area contributed by atoms with Gasteiger partial charge in [-0.3, -0.25) is 0 Å². The first-order chi connectivity index (χ1) is 9.33. The zero-order valence-electron chi connectivity index (χ0n) is 11.6. The molecule has 104 valence electrons. The average Bonchev–Trinajstić information content (AvgIpc) is 2.86. The van der Waals surface area contributed by atoms with E-state index in [0.717, 1.165) is 30.2 Å². The van der Waals surface area contributed by atoms with Gasteiger partial charge in [0.1, 0.15) is 5.82 Å². The van der Waals surface area contributed by atoms with Gasteiger partial charge in [-0.1, -0.05) is 13.0 Å². The molecular weight excluding hydrogens is 254 g/mol. The highest BCUT2D eigenvalue weighted by Crippen LogP contribution is 2.27. The van der Waals surface area contributed by atoms with Crippen molar-refractivity contribution in [3.63, 3.8) is 0 Å². The summed E-state index contributed by atoms with van der Waals surface area (Å²) in [5, 5.41) is 4.66. The highest BCUT2D eigenvalue weighted by molar-refractivity contribution is 8.00. The maximum atomic E-state index is 4.44. The van der Waals surface area contributed by atoms with Gasteiger partial charge in [-0.15, -0.1) is 0 Å². The Labute approximate surface area is 120 Å². The Balaban J connectivity index is 1.49. The van der Waals surface area contributed by atoms with Crippen LogP contribution in [0.4, 0.5) is 5.82 Å². The van der Waals surface area contributed by atoms with Crippen molar-refractivity contribution in [2.24, 2.45) is 0 Å². The summed E-state index contributed by atoms with van der Waals surface area (Å²) in [4.78, 5) is 6.85. The van der Waals surface area contributed by atoms with Crippen LogP contribution in [0.25, 0.3) is 0 Å². The van der Waals surface area contributed by atoms with Gasteiger partial charge in [0.05, 0.1) is 0 Å². The molecule has 2 aliphatic heterocycles. The Kier molecular flexibility index (Phi) is 4.28. The third kappa shape index (κ3) is 3.23. The number of thioether (sulfide) groups is 1. The van der Waals surface area contributed by atoms with E-state index < -0.39 is 0 Å². The van der Waals surface area contributed by atoms with Gasteiger partial charge in [0.2, 0.25) is 0 Å². The van der Waals surface area contributed by atoms with E-state index in [9.17, 15) is 0 Å². The molecular formula is C15H23N3S. The fourth-order valence-electron chi connectivity index (χ4n) is 3.07. The Morgan fingerprint density at radius 2 is 2.11 bits per heavy atom. The van der Waals surface area contributed by atoms with E-state index >= 15 is 0 Å². The van der Waals surface area contributed by atoms with E-state index in [1.54, 1.807) is 0 Å². The van der Waals surface area contributed by atoms with Gasteiger partial charge in [-0.2, -0.15) is 11.8 Å². The van der Waals surface area contributed by atoms with Crippen molar-refractivity contribution in [1.29, 1.82) is 0 Å². The maximum Gasteiger partial charge on any atom is 0.128 e. The Bertz CT molecular complexity index is 390. The van der Waals surface area contributed by atoms with Crippen LogP contribution in [0.1, 0.15) is 26.2 Å². The predicted octanol–water partition coefficient (Wildman–Crippen LogP) is 2.53. The molecule has 3 heterocycles. The van der Waals surface area contributed by atoms with E-state index in [0.29, 0.717) is 6.04 Å². The SMILES string of the molecule is CC1SCCC1NC1CCN(c2ccccn2)CC1. The van der Waals surface area contributed by atoms with Crippen LogP contribution < -0.4 is 10.2 Å². The molecule has 2 aliphatic rings. The van der Waals surface area contributed by atoms with E-state index in [-0.39, 0.29) is 0 Å². The van der Waals surface area contributed by atoms with Gasteiger partial charge in [0, 0.05) is 36.6 Å². The second-order valence-corrected chi connectivity index (χ2v) is 7.07. The largest absolute Gasteiger partial charge is 0.357 e. The summed E-state index contributed by atoms with van der Waals surface area (Å²) < 4.78 is 0. The predicted molar refractivity (Wildman–Crippen MR) is 82.9 cm³/mol. The standard InChI is InChI=1S/C15H23N3S/c1-12-14(7-11-19-12)17-13-5-9-18(10-6-13)15-4-2-3-8-16-15/h2-4,8,12-14,17H,5-7,9-11H2,1H3. The molecule has 3 nitrogen and oxygen atoms in total. The highest BCUT2D eigenvalue weighted by Gasteiger charge is 2.28. The number of nitrogens with zero attached hydrogens (tertiary/aromatic N) is 2. The van der Waals surface area contributed by atoms with Gasteiger partial charge in [-0.05, 0) is 37.1 Å². The Morgan fingerprint density at radius 3 is 2.74 bits per heavy atom. The van der Waals surface area contributed by atoms with Gasteiger partial charge in [0.15, 0.2) is 0 Å². The Hall–Kier alpha value is -0.740. The van der Waals surface area contributed by atoms with Crippen LogP contribution in [0, 0.1) is 0 Å². The van der Waals surface area contributed by atoms with Crippen molar-refractivity contribution in [2.45, 2.75) is 43.5 Å². The first kappa shape index (κ1) is 13.3. The van der Waals surface area contributed by atoms with E-state index in [1.165, 1.54) is 25.0 Å². The van der Waals surface area contributed by atoms with E-state index in [1.807, 2.05) is 12.3 Å². The molecule has 4 heteroatoms. The average molecular weight is 277 g/mol. The van der Waals surface area contributed by atoms with E-state index in [4.69, 9.17) is 0 Å². The minimum atomic E-state index is 0.700. The molecule has 0 amide bonds. The second-order valence-electron chi connectivity index (χ2n) is 5.59. The van der Waals surface area contributed by atoms with Crippen LogP contribution in [0.5, 0.6) is 0 Å². The summed E-state index contributed by atoms with van der Waals surface area (Å²) in [5.74, 6) is 2.46. The fraction of sp³-hybridized carbons (Fsp3) is 0.667. The monoisotopic (exact) mass is 277 g/mol. The van der Waals surface area contributed by atoms with Crippen molar-refractivity contribution in [1.82, 2.24) is 10.3 Å². The smallest absolute Gasteiger partial charge is 0.128 e. The normalized spacial score (nSPS) is 28.8. The lowest BCUT2D eigenvalue weighted by Gasteiger charge is -2.35. The molecule has 1 aromatic rings. The molecule has 1 aromatic heterocycles. The lowest BCUT2D eigenvalue weighted by atomic mass is 10.0. The second kappa shape index (κ2) is 6.14. The van der Waals surface area contributed by atoms with Crippen LogP contribution in [0.2, 0.25) is 0 Å². The van der Waals surface area contributed by atoms with Crippen molar-refractivity contribution >= 4 is 17.6 Å². The summed E-state index contributed by atoms with van der Waals surface area (Å²) in [5.41, 5.74) is 0. The maximum absolute atomic E-state index is 4.44. The van der Waals surface area contributed by atoms with Gasteiger partial charge >= 0.3 is 0 Å². The highest BCUT2D eigenvalue weighted by atomic mass is 32.2. The molecule has 0 saturated carbocycles. The summed E-state index contributed by atoms with van der Waals surface area (Å²) in [6, 6.07) is 7.60. The van der Waals surface area contributed by atoms with Crippen molar-refractivity contribution in [3.05, 3.63) is 24.4 Å². The molecule has 2 unspecified atom stereocenters. The van der Waals surface area contributed by atoms with Crippen molar-refractivity contribution in [2.75, 3.05) is 23.7 Å². The van der Waals surface area contributed by atoms with Crippen LogP contribution in [-0.2, 0) is 0 Å². The number of hydrogen-bond donors (Lipinski definition) is 1. The fourth-order valence-corrected chi connectivity index (χ4v) is 4.28. The number of piperidine rings is 1. The summed E-state index contributed by atoms with van der Waals surface area (Å²) in [6.45, 7) is 4.62.